The van der Waals surface area contributed by atoms with Gasteiger partial charge in [-0.25, -0.2) is 0 Å². The van der Waals surface area contributed by atoms with Crippen LogP contribution in [0.15, 0.2) is 18.2 Å². The first-order valence-electron chi connectivity index (χ1n) is 8.23. The van der Waals surface area contributed by atoms with Crippen molar-refractivity contribution in [3.8, 4) is 0 Å². The molecule has 1 heterocycles. The lowest BCUT2D eigenvalue weighted by molar-refractivity contribution is -0.134. The molecule has 1 saturated heterocycles. The number of amides is 2. The number of benzene rings is 1. The van der Waals surface area contributed by atoms with Crippen LogP contribution in [0.5, 0.6) is 0 Å². The number of rotatable bonds is 4. The fraction of sp³-hybridized carbons (Fsp3) is 0.556. The first-order valence-corrected chi connectivity index (χ1v) is 8.23. The maximum absolute atomic E-state index is 12.5. The van der Waals surface area contributed by atoms with Gasteiger partial charge in [-0.3, -0.25) is 9.59 Å². The Hall–Kier alpha value is -1.84. The molecule has 0 spiro atoms. The molecule has 0 atom stereocenters. The number of carbonyl (C=O) groups excluding carboxylic acids is 2. The van der Waals surface area contributed by atoms with Crippen LogP contribution in [0.4, 0.5) is 5.69 Å². The number of anilines is 1. The minimum Gasteiger partial charge on any atom is -0.343 e. The lowest BCUT2D eigenvalue weighted by atomic mass is 9.95. The predicted molar refractivity (Wildman–Crippen MR) is 88.8 cm³/mol. The molecule has 0 radical (unpaired) electrons. The van der Waals surface area contributed by atoms with E-state index >= 15 is 0 Å². The number of nitrogens with one attached hydrogen (secondary N) is 1. The highest BCUT2D eigenvalue weighted by Gasteiger charge is 2.27. The van der Waals surface area contributed by atoms with E-state index in [9.17, 15) is 9.59 Å². The predicted octanol–water partition coefficient (Wildman–Crippen LogP) is 3.14. The van der Waals surface area contributed by atoms with Gasteiger partial charge in [-0.1, -0.05) is 32.0 Å². The standard InChI is InChI=1S/C18H26N2O2/c1-4-14-8-6-7-13(3)17(14)19-18(22)15-9-11-20(12-10-15)16(21)5-2/h6-8,15H,4-5,9-12H2,1-3H3,(H,19,22). The second-order valence-corrected chi connectivity index (χ2v) is 5.96. The molecule has 0 aromatic heterocycles. The normalized spacial score (nSPS) is 15.7. The molecule has 2 rings (SSSR count). The van der Waals surface area contributed by atoms with E-state index in [1.165, 1.54) is 5.56 Å². The van der Waals surface area contributed by atoms with Gasteiger partial charge in [0.05, 0.1) is 0 Å². The van der Waals surface area contributed by atoms with E-state index in [1.807, 2.05) is 30.9 Å². The van der Waals surface area contributed by atoms with E-state index in [4.69, 9.17) is 0 Å². The third-order valence-electron chi connectivity index (χ3n) is 4.51. The first kappa shape index (κ1) is 16.5. The van der Waals surface area contributed by atoms with Crippen molar-refractivity contribution in [3.05, 3.63) is 29.3 Å². The summed E-state index contributed by atoms with van der Waals surface area (Å²) in [6, 6.07) is 6.11. The van der Waals surface area contributed by atoms with Crippen LogP contribution in [-0.4, -0.2) is 29.8 Å². The third kappa shape index (κ3) is 3.67. The minimum absolute atomic E-state index is 0.00483. The summed E-state index contributed by atoms with van der Waals surface area (Å²) in [7, 11) is 0. The van der Waals surface area contributed by atoms with E-state index < -0.39 is 0 Å². The Morgan fingerprint density at radius 1 is 1.23 bits per heavy atom. The molecular formula is C18H26N2O2. The fourth-order valence-corrected chi connectivity index (χ4v) is 3.04. The molecule has 1 aromatic rings. The summed E-state index contributed by atoms with van der Waals surface area (Å²) >= 11 is 0. The number of nitrogens with zero attached hydrogens (tertiary/aromatic N) is 1. The van der Waals surface area contributed by atoms with E-state index in [-0.39, 0.29) is 17.7 Å². The van der Waals surface area contributed by atoms with Gasteiger partial charge < -0.3 is 10.2 Å². The Kier molecular flexibility index (Phi) is 5.58. The Morgan fingerprint density at radius 2 is 1.91 bits per heavy atom. The topological polar surface area (TPSA) is 49.4 Å². The van der Waals surface area contributed by atoms with Gasteiger partial charge >= 0.3 is 0 Å². The van der Waals surface area contributed by atoms with Gasteiger partial charge in [0.2, 0.25) is 11.8 Å². The largest absolute Gasteiger partial charge is 0.343 e. The van der Waals surface area contributed by atoms with Crippen LogP contribution < -0.4 is 5.32 Å². The van der Waals surface area contributed by atoms with Crippen LogP contribution in [0, 0.1) is 12.8 Å². The van der Waals surface area contributed by atoms with Crippen LogP contribution in [0.3, 0.4) is 0 Å². The van der Waals surface area contributed by atoms with Crippen molar-refractivity contribution < 1.29 is 9.59 Å². The zero-order valence-corrected chi connectivity index (χ0v) is 13.8. The van der Waals surface area contributed by atoms with E-state index in [1.54, 1.807) is 0 Å². The molecule has 4 nitrogen and oxygen atoms in total. The molecule has 1 aromatic carbocycles. The Labute approximate surface area is 132 Å². The van der Waals surface area contributed by atoms with E-state index in [2.05, 4.69) is 18.3 Å². The zero-order valence-electron chi connectivity index (χ0n) is 13.8. The Morgan fingerprint density at radius 3 is 2.50 bits per heavy atom. The van der Waals surface area contributed by atoms with Crippen molar-refractivity contribution in [2.24, 2.45) is 5.92 Å². The van der Waals surface area contributed by atoms with Gasteiger partial charge in [-0.05, 0) is 37.3 Å². The second kappa shape index (κ2) is 7.43. The highest BCUT2D eigenvalue weighted by molar-refractivity contribution is 5.94. The lowest BCUT2D eigenvalue weighted by Crippen LogP contribution is -2.41. The monoisotopic (exact) mass is 302 g/mol. The minimum atomic E-state index is 0.00483. The third-order valence-corrected chi connectivity index (χ3v) is 4.51. The van der Waals surface area contributed by atoms with Crippen molar-refractivity contribution in [1.82, 2.24) is 4.90 Å². The van der Waals surface area contributed by atoms with E-state index in [0.29, 0.717) is 19.5 Å². The Balaban J connectivity index is 1.98. The number of para-hydroxylation sites is 1. The number of piperidine rings is 1. The summed E-state index contributed by atoms with van der Waals surface area (Å²) in [4.78, 5) is 26.1. The molecule has 4 heteroatoms. The molecule has 0 aliphatic carbocycles. The van der Waals surface area contributed by atoms with Crippen molar-refractivity contribution in [2.45, 2.75) is 46.5 Å². The van der Waals surface area contributed by atoms with Crippen LogP contribution in [-0.2, 0) is 16.0 Å². The van der Waals surface area contributed by atoms with Crippen molar-refractivity contribution in [1.29, 1.82) is 0 Å². The second-order valence-electron chi connectivity index (χ2n) is 5.96. The number of carbonyl (C=O) groups is 2. The summed E-state index contributed by atoms with van der Waals surface area (Å²) in [5, 5.41) is 3.12. The maximum Gasteiger partial charge on any atom is 0.227 e. The molecule has 120 valence electrons. The van der Waals surface area contributed by atoms with Gasteiger partial charge in [0, 0.05) is 31.1 Å². The summed E-state index contributed by atoms with van der Waals surface area (Å²) < 4.78 is 0. The first-order chi connectivity index (χ1) is 10.6. The van der Waals surface area contributed by atoms with Crippen LogP contribution in [0.1, 0.15) is 44.2 Å². The smallest absolute Gasteiger partial charge is 0.227 e. The average Bonchev–Trinajstić information content (AvgIpc) is 2.56. The van der Waals surface area contributed by atoms with Crippen molar-refractivity contribution >= 4 is 17.5 Å². The number of aryl methyl sites for hydroxylation is 2. The molecule has 2 amide bonds. The molecule has 0 bridgehead atoms. The summed E-state index contributed by atoms with van der Waals surface area (Å²) in [5.41, 5.74) is 3.24. The molecule has 1 aliphatic heterocycles. The van der Waals surface area contributed by atoms with Gasteiger partial charge in [-0.15, -0.1) is 0 Å². The zero-order chi connectivity index (χ0) is 16.1. The maximum atomic E-state index is 12.5. The molecule has 1 aliphatic rings. The summed E-state index contributed by atoms with van der Waals surface area (Å²) in [6.45, 7) is 7.39. The molecule has 0 unspecified atom stereocenters. The van der Waals surface area contributed by atoms with Crippen molar-refractivity contribution in [3.63, 3.8) is 0 Å². The number of hydrogen-bond donors (Lipinski definition) is 1. The lowest BCUT2D eigenvalue weighted by Gasteiger charge is -2.31. The van der Waals surface area contributed by atoms with Crippen LogP contribution in [0.2, 0.25) is 0 Å². The van der Waals surface area contributed by atoms with Gasteiger partial charge in [0.1, 0.15) is 0 Å². The SMILES string of the molecule is CCC(=O)N1CCC(C(=O)Nc2c(C)cccc2CC)CC1. The van der Waals surface area contributed by atoms with Gasteiger partial charge in [0.15, 0.2) is 0 Å². The molecular weight excluding hydrogens is 276 g/mol. The average molecular weight is 302 g/mol. The molecule has 22 heavy (non-hydrogen) atoms. The van der Waals surface area contributed by atoms with Crippen LogP contribution >= 0.6 is 0 Å². The fourth-order valence-electron chi connectivity index (χ4n) is 3.04. The number of hydrogen-bond acceptors (Lipinski definition) is 2. The molecule has 0 saturated carbocycles. The van der Waals surface area contributed by atoms with Crippen molar-refractivity contribution in [2.75, 3.05) is 18.4 Å². The van der Waals surface area contributed by atoms with Gasteiger partial charge in [0.25, 0.3) is 0 Å². The van der Waals surface area contributed by atoms with Crippen LogP contribution in [0.25, 0.3) is 0 Å². The molecule has 1 fully saturated rings. The molecule has 1 N–H and O–H groups in total. The highest BCUT2D eigenvalue weighted by atomic mass is 16.2. The Bertz CT molecular complexity index is 546. The van der Waals surface area contributed by atoms with E-state index in [0.717, 1.165) is 30.5 Å². The summed E-state index contributed by atoms with van der Waals surface area (Å²) in [5.74, 6) is 0.281. The quantitative estimate of drug-likeness (QED) is 0.929. The summed E-state index contributed by atoms with van der Waals surface area (Å²) in [6.07, 6.45) is 2.95. The highest BCUT2D eigenvalue weighted by Crippen LogP contribution is 2.24. The number of likely N-dealkylation sites (tertiary alicyclic amines) is 1. The van der Waals surface area contributed by atoms with Gasteiger partial charge in [-0.2, -0.15) is 0 Å².